The van der Waals surface area contributed by atoms with Crippen LogP contribution in [0.2, 0.25) is 0 Å². The number of hydrogen-bond acceptors (Lipinski definition) is 1. The maximum absolute atomic E-state index is 3.86. The van der Waals surface area contributed by atoms with Crippen molar-refractivity contribution in [1.29, 1.82) is 0 Å². The Bertz CT molecular complexity index is 124. The third-order valence-electron chi connectivity index (χ3n) is 0.635. The van der Waals surface area contributed by atoms with E-state index < -0.39 is 0 Å². The Morgan fingerprint density at radius 3 is 1.73 bits per heavy atom. The maximum atomic E-state index is 3.86. The first-order valence-electron chi connectivity index (χ1n) is 1.85. The lowest BCUT2D eigenvalue weighted by Crippen LogP contribution is -1.66. The monoisotopic (exact) mass is 173 g/mol. The van der Waals surface area contributed by atoms with Crippen LogP contribution in [0.5, 0.6) is 0 Å². The fourth-order valence-corrected chi connectivity index (χ4v) is 0.344. The number of aromatic nitrogens is 2. The molecule has 1 rings (SSSR count). The molecule has 0 bridgehead atoms. The first-order chi connectivity index (χ1) is 2.89. The van der Waals surface area contributed by atoms with E-state index in [1.165, 1.54) is 0 Å². The minimum atomic E-state index is 0. The molecule has 0 aliphatic heterocycles. The van der Waals surface area contributed by atoms with Gasteiger partial charge < -0.3 is 4.98 Å². The topological polar surface area (TPSA) is 28.7 Å². The summed E-state index contributed by atoms with van der Waals surface area (Å²) in [7, 11) is 0. The van der Waals surface area contributed by atoms with Gasteiger partial charge in [0.1, 0.15) is 5.82 Å². The Kier molecular flexibility index (Phi) is 47.1. The molecule has 0 spiro atoms. The summed E-state index contributed by atoms with van der Waals surface area (Å²) in [5, 5.41) is 0. The minimum absolute atomic E-state index is 0. The molecule has 0 aliphatic rings. The number of H-pyrrole nitrogens is 1. The molecule has 1 aromatic heterocycles. The lowest BCUT2D eigenvalue weighted by molar-refractivity contribution is 1.11. The summed E-state index contributed by atoms with van der Waals surface area (Å²) in [6, 6.07) is 0. The Balaban J connectivity index is -0.0000000240. The molecule has 0 aliphatic carbocycles. The van der Waals surface area contributed by atoms with Gasteiger partial charge in [-0.15, -0.1) is 0 Å². The van der Waals surface area contributed by atoms with Gasteiger partial charge in [0.05, 0.1) is 0 Å². The highest BCUT2D eigenvalue weighted by Crippen LogP contribution is 1.78. The number of imidazole rings is 1. The van der Waals surface area contributed by atoms with Crippen LogP contribution in [-0.4, -0.2) is 18.4 Å². The van der Waals surface area contributed by atoms with Crippen molar-refractivity contribution in [1.82, 2.24) is 9.97 Å². The molecule has 0 unspecified atom stereocenters. The molecule has 67 valence electrons. The van der Waals surface area contributed by atoms with Gasteiger partial charge in [-0.2, -0.15) is 0 Å². The van der Waals surface area contributed by atoms with Gasteiger partial charge in [-0.05, 0) is 6.92 Å². The van der Waals surface area contributed by atoms with E-state index in [2.05, 4.69) is 9.97 Å². The lowest BCUT2D eigenvalue weighted by Gasteiger charge is -1.68. The van der Waals surface area contributed by atoms with Gasteiger partial charge in [-0.1, -0.05) is 0 Å². The van der Waals surface area contributed by atoms with E-state index in [-0.39, 0.29) is 27.2 Å². The van der Waals surface area contributed by atoms with Crippen LogP contribution < -0.4 is 0 Å². The molecule has 0 atom stereocenters. The van der Waals surface area contributed by atoms with Crippen molar-refractivity contribution >= 4 is 8.41 Å². The average molecular weight is 173 g/mol. The first kappa shape index (κ1) is 32.4. The van der Waals surface area contributed by atoms with Gasteiger partial charge in [0, 0.05) is 20.8 Å². The Labute approximate surface area is 63.5 Å². The summed E-state index contributed by atoms with van der Waals surface area (Å²) < 4.78 is 0. The molecule has 2 nitrogen and oxygen atoms in total. The second kappa shape index (κ2) is 16.0. The normalized spacial score (nSPS) is 4.82. The number of aromatic amines is 1. The van der Waals surface area contributed by atoms with Crippen LogP contribution >= 0.6 is 0 Å². The Morgan fingerprint density at radius 1 is 1.18 bits per heavy atom. The van der Waals surface area contributed by atoms with Crippen LogP contribution in [-0.2, 0) is 0 Å². The molecule has 0 fully saturated rings. The van der Waals surface area contributed by atoms with Crippen molar-refractivity contribution in [3.63, 3.8) is 0 Å². The third-order valence-corrected chi connectivity index (χ3v) is 0.635. The Morgan fingerprint density at radius 2 is 1.64 bits per heavy atom. The van der Waals surface area contributed by atoms with Crippen molar-refractivity contribution in [3.8, 4) is 0 Å². The smallest absolute Gasteiger partial charge is 0.102 e. The zero-order chi connectivity index (χ0) is 4.41. The third kappa shape index (κ3) is 12.2. The molecule has 1 heterocycles. The summed E-state index contributed by atoms with van der Waals surface area (Å²) in [4.78, 5) is 6.75. The van der Waals surface area contributed by atoms with Crippen molar-refractivity contribution in [2.24, 2.45) is 0 Å². The number of halogens is 4. The van der Waals surface area contributed by atoms with Gasteiger partial charge >= 0.3 is 0 Å². The summed E-state index contributed by atoms with van der Waals surface area (Å²) in [6.07, 6.45) is 3.53. The molecule has 0 aromatic carbocycles. The second-order valence-corrected chi connectivity index (χ2v) is 1.17. The summed E-state index contributed by atoms with van der Waals surface area (Å²) in [5.41, 5.74) is 0. The van der Waals surface area contributed by atoms with Crippen LogP contribution in [0.15, 0.2) is 12.4 Å². The van der Waals surface area contributed by atoms with E-state index in [9.17, 15) is 0 Å². The highest BCUT2D eigenvalue weighted by atomic mass is 19.0. The zero-order valence-electron chi connectivity index (χ0n) is 5.81. The highest BCUT2D eigenvalue weighted by Gasteiger charge is 1.73. The lowest BCUT2D eigenvalue weighted by atomic mass is 10.8. The summed E-state index contributed by atoms with van der Waals surface area (Å²) in [6.45, 7) is 1.92. The summed E-state index contributed by atoms with van der Waals surface area (Å²) in [5.74, 6) is 0.968. The Hall–Kier alpha value is -1.01. The number of hydrogen-bond donors (Lipinski definition) is 1. The van der Waals surface area contributed by atoms with Crippen LogP contribution in [0, 0.1) is 6.92 Å². The fourth-order valence-electron chi connectivity index (χ4n) is 0.344. The van der Waals surface area contributed by atoms with E-state index in [0.717, 1.165) is 5.82 Å². The van der Waals surface area contributed by atoms with Crippen LogP contribution in [0.3, 0.4) is 0 Å². The van der Waals surface area contributed by atoms with Crippen LogP contribution in [0.1, 0.15) is 5.82 Å². The predicted octanol–water partition coefficient (Wildman–Crippen LogP) is 0.947. The predicted molar refractivity (Wildman–Crippen MR) is 39.1 cm³/mol. The molecule has 3 radical (unpaired) electrons. The van der Waals surface area contributed by atoms with Gasteiger partial charge in [0.25, 0.3) is 0 Å². The standard InChI is InChI=1S/C4H6N2.B.4FH/c1-4-5-2-3-6-4;;;;;/h2-3H,1H3,(H,5,6);;4*1H. The number of nitrogens with one attached hydrogen (secondary N) is 1. The van der Waals surface area contributed by atoms with E-state index in [0.29, 0.717) is 0 Å². The van der Waals surface area contributed by atoms with E-state index in [1.54, 1.807) is 12.4 Å². The largest absolute Gasteiger partial charge is 0.349 e. The molecule has 7 heteroatoms. The van der Waals surface area contributed by atoms with Gasteiger partial charge in [-0.3, -0.25) is 18.8 Å². The molecular weight excluding hydrogens is 163 g/mol. The van der Waals surface area contributed by atoms with Crippen molar-refractivity contribution in [2.45, 2.75) is 6.92 Å². The number of rotatable bonds is 0. The minimum Gasteiger partial charge on any atom is -0.349 e. The summed E-state index contributed by atoms with van der Waals surface area (Å²) >= 11 is 0. The molecule has 1 aromatic rings. The fraction of sp³-hybridized carbons (Fsp3) is 0.250. The molecule has 0 saturated carbocycles. The second-order valence-electron chi connectivity index (χ2n) is 1.17. The van der Waals surface area contributed by atoms with Crippen LogP contribution in [0.25, 0.3) is 0 Å². The molecule has 0 saturated heterocycles. The molecule has 1 N–H and O–H groups in total. The van der Waals surface area contributed by atoms with E-state index in [4.69, 9.17) is 0 Å². The van der Waals surface area contributed by atoms with Crippen LogP contribution in [0.4, 0.5) is 18.8 Å². The van der Waals surface area contributed by atoms with Gasteiger partial charge in [0.2, 0.25) is 0 Å². The molecular formula is C4H10BF4N2. The SMILES string of the molecule is Cc1ncc[nH]1.F.F.F.F.[B]. The van der Waals surface area contributed by atoms with E-state index >= 15 is 0 Å². The average Bonchev–Trinajstić information content (AvgIpc) is 1.86. The number of nitrogens with zero attached hydrogens (tertiary/aromatic N) is 1. The quantitative estimate of drug-likeness (QED) is 0.459. The van der Waals surface area contributed by atoms with Crippen molar-refractivity contribution < 1.29 is 18.8 Å². The molecule has 11 heavy (non-hydrogen) atoms. The number of aryl methyl sites for hydroxylation is 1. The first-order valence-corrected chi connectivity index (χ1v) is 1.85. The highest BCUT2D eigenvalue weighted by molar-refractivity contribution is 5.75. The van der Waals surface area contributed by atoms with Gasteiger partial charge in [-0.25, -0.2) is 4.98 Å². The zero-order valence-corrected chi connectivity index (χ0v) is 5.81. The van der Waals surface area contributed by atoms with E-state index in [1.807, 2.05) is 6.92 Å². The van der Waals surface area contributed by atoms with Gasteiger partial charge in [0.15, 0.2) is 0 Å². The van der Waals surface area contributed by atoms with Crippen molar-refractivity contribution in [2.75, 3.05) is 0 Å². The van der Waals surface area contributed by atoms with Crippen molar-refractivity contribution in [3.05, 3.63) is 18.2 Å². The maximum Gasteiger partial charge on any atom is 0.102 e. The molecule has 0 amide bonds.